The Kier molecular flexibility index (Phi) is 5.71. The van der Waals surface area contributed by atoms with Crippen molar-refractivity contribution in [2.24, 2.45) is 0 Å². The van der Waals surface area contributed by atoms with Gasteiger partial charge in [-0.1, -0.05) is 26.0 Å². The number of carboxylic acid groups (broad SMARTS) is 1. The van der Waals surface area contributed by atoms with Crippen LogP contribution in [0.25, 0.3) is 0 Å². The first-order valence-electron chi connectivity index (χ1n) is 6.00. The molecular formula is C12H18NO6P. The van der Waals surface area contributed by atoms with Crippen molar-refractivity contribution >= 4 is 13.8 Å². The summed E-state index contributed by atoms with van der Waals surface area (Å²) in [6, 6.07) is 5.24. The third kappa shape index (κ3) is 6.16. The number of phosphoric ester groups is 1. The molecule has 0 radical (unpaired) electrons. The number of carbonyl (C=O) groups is 1. The van der Waals surface area contributed by atoms with Gasteiger partial charge in [-0.2, -0.15) is 0 Å². The van der Waals surface area contributed by atoms with Crippen LogP contribution in [-0.4, -0.2) is 32.9 Å². The van der Waals surface area contributed by atoms with E-state index >= 15 is 0 Å². The van der Waals surface area contributed by atoms with Gasteiger partial charge in [0.15, 0.2) is 0 Å². The van der Waals surface area contributed by atoms with Gasteiger partial charge in [0, 0.05) is 6.04 Å². The number of phosphoric acid groups is 1. The van der Waals surface area contributed by atoms with Crippen LogP contribution < -0.4 is 9.84 Å². The zero-order valence-corrected chi connectivity index (χ0v) is 12.1. The Morgan fingerprint density at radius 1 is 1.30 bits per heavy atom. The number of hydrogen-bond donors (Lipinski definition) is 4. The molecule has 1 atom stereocenters. The predicted molar refractivity (Wildman–Crippen MR) is 72.5 cm³/mol. The highest BCUT2D eigenvalue weighted by molar-refractivity contribution is 7.46. The van der Waals surface area contributed by atoms with Crippen LogP contribution in [0.1, 0.15) is 19.4 Å². The summed E-state index contributed by atoms with van der Waals surface area (Å²) in [6.07, 6.45) is 0.268. The normalized spacial score (nSPS) is 13.2. The van der Waals surface area contributed by atoms with Gasteiger partial charge in [0.25, 0.3) is 0 Å². The first-order chi connectivity index (χ1) is 9.17. The van der Waals surface area contributed by atoms with Crippen molar-refractivity contribution in [1.29, 1.82) is 0 Å². The van der Waals surface area contributed by atoms with Gasteiger partial charge in [-0.15, -0.1) is 0 Å². The van der Waals surface area contributed by atoms with E-state index < -0.39 is 19.8 Å². The second kappa shape index (κ2) is 6.85. The maximum atomic E-state index is 11.1. The van der Waals surface area contributed by atoms with Crippen LogP contribution in [0.4, 0.5) is 0 Å². The van der Waals surface area contributed by atoms with Crippen LogP contribution in [0.3, 0.4) is 0 Å². The third-order valence-corrected chi connectivity index (χ3v) is 2.87. The summed E-state index contributed by atoms with van der Waals surface area (Å²) in [5, 5.41) is 12.0. The number of carboxylic acids is 1. The summed E-state index contributed by atoms with van der Waals surface area (Å²) in [7, 11) is -4.57. The van der Waals surface area contributed by atoms with E-state index in [4.69, 9.17) is 14.9 Å². The van der Waals surface area contributed by atoms with Gasteiger partial charge in [-0.3, -0.25) is 14.6 Å². The van der Waals surface area contributed by atoms with Gasteiger partial charge in [-0.25, -0.2) is 4.57 Å². The summed E-state index contributed by atoms with van der Waals surface area (Å²) in [5.41, 5.74) is 0.726. The summed E-state index contributed by atoms with van der Waals surface area (Å²) in [5.74, 6) is -0.917. The van der Waals surface area contributed by atoms with Crippen molar-refractivity contribution < 1.29 is 28.8 Å². The molecule has 1 aromatic rings. The van der Waals surface area contributed by atoms with Crippen LogP contribution in [0.2, 0.25) is 0 Å². The molecule has 8 heteroatoms. The third-order valence-electron chi connectivity index (χ3n) is 2.42. The molecule has 0 aliphatic heterocycles. The van der Waals surface area contributed by atoms with Gasteiger partial charge in [0.2, 0.25) is 0 Å². The van der Waals surface area contributed by atoms with E-state index in [1.54, 1.807) is 12.1 Å². The maximum absolute atomic E-state index is 11.1. The van der Waals surface area contributed by atoms with Gasteiger partial charge in [0.1, 0.15) is 11.8 Å². The molecule has 0 bridgehead atoms. The monoisotopic (exact) mass is 303 g/mol. The Bertz CT molecular complexity index is 495. The molecule has 0 aliphatic rings. The van der Waals surface area contributed by atoms with Crippen LogP contribution >= 0.6 is 7.82 Å². The largest absolute Gasteiger partial charge is 0.524 e. The van der Waals surface area contributed by atoms with Crippen molar-refractivity contribution in [1.82, 2.24) is 5.32 Å². The molecule has 0 unspecified atom stereocenters. The Balaban J connectivity index is 2.72. The summed E-state index contributed by atoms with van der Waals surface area (Å²) < 4.78 is 15.1. The second-order valence-electron chi connectivity index (χ2n) is 4.64. The topological polar surface area (TPSA) is 116 Å². The Hall–Kier alpha value is -1.40. The smallest absolute Gasteiger partial charge is 0.480 e. The fraction of sp³-hybridized carbons (Fsp3) is 0.417. The van der Waals surface area contributed by atoms with Crippen LogP contribution in [-0.2, 0) is 15.8 Å². The number of nitrogens with one attached hydrogen (secondary N) is 1. The van der Waals surface area contributed by atoms with Crippen molar-refractivity contribution in [2.75, 3.05) is 0 Å². The molecule has 7 nitrogen and oxygen atoms in total. The zero-order valence-electron chi connectivity index (χ0n) is 11.2. The number of benzene rings is 1. The Morgan fingerprint density at radius 3 is 2.25 bits per heavy atom. The standard InChI is InChI=1S/C12H18NO6P/c1-8(2)13-11(12(14)15)7-9-3-5-10(6-4-9)19-20(16,17)18/h3-6,8,11,13H,7H2,1-2H3,(H,14,15)(H2,16,17,18)/t11-/m0/s1. The fourth-order valence-electron chi connectivity index (χ4n) is 1.68. The van der Waals surface area contributed by atoms with Gasteiger partial charge >= 0.3 is 13.8 Å². The highest BCUT2D eigenvalue weighted by Gasteiger charge is 2.19. The summed E-state index contributed by atoms with van der Waals surface area (Å²) in [6.45, 7) is 3.71. The molecule has 0 saturated carbocycles. The molecule has 1 rings (SSSR count). The molecule has 4 N–H and O–H groups in total. The van der Waals surface area contributed by atoms with Crippen LogP contribution in [0, 0.1) is 0 Å². The van der Waals surface area contributed by atoms with E-state index in [1.165, 1.54) is 12.1 Å². The predicted octanol–water partition coefficient (Wildman–Crippen LogP) is 1.15. The molecule has 0 saturated heterocycles. The molecular weight excluding hydrogens is 285 g/mol. The summed E-state index contributed by atoms with van der Waals surface area (Å²) in [4.78, 5) is 28.4. The van der Waals surface area contributed by atoms with Gasteiger partial charge in [-0.05, 0) is 24.1 Å². The van der Waals surface area contributed by atoms with Crippen molar-refractivity contribution in [3.8, 4) is 5.75 Å². The second-order valence-corrected chi connectivity index (χ2v) is 5.81. The molecule has 1 aromatic carbocycles. The molecule has 0 spiro atoms. The van der Waals surface area contributed by atoms with Crippen molar-refractivity contribution in [3.05, 3.63) is 29.8 Å². The van der Waals surface area contributed by atoms with E-state index in [2.05, 4.69) is 9.84 Å². The lowest BCUT2D eigenvalue weighted by Crippen LogP contribution is -2.42. The first-order valence-corrected chi connectivity index (χ1v) is 7.53. The molecule has 0 fully saturated rings. The molecule has 0 amide bonds. The first kappa shape index (κ1) is 16.7. The average Bonchev–Trinajstić information content (AvgIpc) is 2.28. The van der Waals surface area contributed by atoms with Crippen LogP contribution in [0.5, 0.6) is 5.75 Å². The Labute approximate surface area is 116 Å². The molecule has 0 aromatic heterocycles. The number of rotatable bonds is 7. The van der Waals surface area contributed by atoms with Crippen molar-refractivity contribution in [2.45, 2.75) is 32.4 Å². The highest BCUT2D eigenvalue weighted by Crippen LogP contribution is 2.37. The minimum absolute atomic E-state index is 0.0331. The minimum Gasteiger partial charge on any atom is -0.480 e. The highest BCUT2D eigenvalue weighted by atomic mass is 31.2. The molecule has 112 valence electrons. The lowest BCUT2D eigenvalue weighted by Gasteiger charge is -2.17. The lowest BCUT2D eigenvalue weighted by atomic mass is 10.1. The van der Waals surface area contributed by atoms with Crippen molar-refractivity contribution in [3.63, 3.8) is 0 Å². The lowest BCUT2D eigenvalue weighted by molar-refractivity contribution is -0.139. The van der Waals surface area contributed by atoms with E-state index in [0.717, 1.165) is 5.56 Å². The van der Waals surface area contributed by atoms with Crippen LogP contribution in [0.15, 0.2) is 24.3 Å². The SMILES string of the molecule is CC(C)N[C@@H](Cc1ccc(OP(=O)(O)O)cc1)C(=O)O. The van der Waals surface area contributed by atoms with Gasteiger partial charge < -0.3 is 14.9 Å². The molecule has 0 aliphatic carbocycles. The van der Waals surface area contributed by atoms with E-state index in [-0.39, 0.29) is 18.2 Å². The quantitative estimate of drug-likeness (QED) is 0.558. The minimum atomic E-state index is -4.57. The number of aliphatic carboxylic acids is 1. The maximum Gasteiger partial charge on any atom is 0.524 e. The molecule has 20 heavy (non-hydrogen) atoms. The van der Waals surface area contributed by atoms with E-state index in [1.807, 2.05) is 13.8 Å². The summed E-state index contributed by atoms with van der Waals surface area (Å²) >= 11 is 0. The fourth-order valence-corrected chi connectivity index (χ4v) is 2.08. The van der Waals surface area contributed by atoms with E-state index in [9.17, 15) is 9.36 Å². The average molecular weight is 303 g/mol. The zero-order chi connectivity index (χ0) is 15.3. The van der Waals surface area contributed by atoms with Gasteiger partial charge in [0.05, 0.1) is 0 Å². The number of hydrogen-bond acceptors (Lipinski definition) is 4. The Morgan fingerprint density at radius 2 is 1.85 bits per heavy atom. The molecule has 0 heterocycles. The van der Waals surface area contributed by atoms with E-state index in [0.29, 0.717) is 0 Å².